The third-order valence-electron chi connectivity index (χ3n) is 4.03. The van der Waals surface area contributed by atoms with Crippen LogP contribution < -0.4 is 5.73 Å². The molecule has 0 spiro atoms. The Balaban J connectivity index is 2.26. The molecule has 140 valence electrons. The monoisotopic (exact) mass is 388 g/mol. The van der Waals surface area contributed by atoms with Crippen molar-refractivity contribution in [2.24, 2.45) is 5.73 Å². The average Bonchev–Trinajstić information content (AvgIpc) is 2.72. The van der Waals surface area contributed by atoms with Crippen molar-refractivity contribution in [1.29, 1.82) is 0 Å². The van der Waals surface area contributed by atoms with E-state index in [1.54, 1.807) is 11.0 Å². The number of rotatable bonds is 3. The van der Waals surface area contributed by atoms with Gasteiger partial charge in [-0.3, -0.25) is 0 Å². The Bertz CT molecular complexity index is 604. The third-order valence-corrected chi connectivity index (χ3v) is 4.77. The molecule has 1 aromatic carbocycles. The fraction of sp³-hybridized carbons (Fsp3) is 0.611. The summed E-state index contributed by atoms with van der Waals surface area (Å²) in [6.45, 7) is 7.48. The number of hydrogen-bond donors (Lipinski definition) is 1. The molecule has 0 aromatic heterocycles. The fourth-order valence-corrected chi connectivity index (χ4v) is 3.19. The molecule has 1 fully saturated rings. The lowest BCUT2D eigenvalue weighted by atomic mass is 9.91. The first kappa shape index (κ1) is 20.3. The van der Waals surface area contributed by atoms with Gasteiger partial charge in [0.2, 0.25) is 0 Å². The molecule has 1 heterocycles. The Hall–Kier alpha value is -1.01. The fourth-order valence-electron chi connectivity index (χ4n) is 2.88. The standard InChI is InChI=1S/C18H26Cl2N2O3/c1-18(2,3)25-17(23)22-8-9-24-16(6-7-21)13(11-22)12-4-5-14(19)15(20)10-12/h4-5,10,13,16H,6-9,11,21H2,1-3H3. The van der Waals surface area contributed by atoms with Gasteiger partial charge in [-0.2, -0.15) is 0 Å². The van der Waals surface area contributed by atoms with Crippen molar-refractivity contribution < 1.29 is 14.3 Å². The molecule has 2 unspecified atom stereocenters. The Kier molecular flexibility index (Phi) is 6.97. The SMILES string of the molecule is CC(C)(C)OC(=O)N1CCOC(CCN)C(c2ccc(Cl)c(Cl)c2)C1. The van der Waals surface area contributed by atoms with Gasteiger partial charge in [0.05, 0.1) is 22.8 Å². The predicted molar refractivity (Wildman–Crippen MR) is 100 cm³/mol. The summed E-state index contributed by atoms with van der Waals surface area (Å²) < 4.78 is 11.5. The summed E-state index contributed by atoms with van der Waals surface area (Å²) >= 11 is 12.2. The van der Waals surface area contributed by atoms with Gasteiger partial charge in [-0.1, -0.05) is 29.3 Å². The number of benzene rings is 1. The summed E-state index contributed by atoms with van der Waals surface area (Å²) in [7, 11) is 0. The third kappa shape index (κ3) is 5.74. The highest BCUT2D eigenvalue weighted by atomic mass is 35.5. The van der Waals surface area contributed by atoms with Crippen LogP contribution in [0.15, 0.2) is 18.2 Å². The maximum atomic E-state index is 12.5. The van der Waals surface area contributed by atoms with Crippen molar-refractivity contribution in [3.63, 3.8) is 0 Å². The minimum Gasteiger partial charge on any atom is -0.444 e. The second kappa shape index (κ2) is 8.58. The Morgan fingerprint density at radius 2 is 2.08 bits per heavy atom. The Morgan fingerprint density at radius 3 is 2.68 bits per heavy atom. The van der Waals surface area contributed by atoms with Gasteiger partial charge < -0.3 is 20.1 Å². The van der Waals surface area contributed by atoms with Crippen LogP contribution in [-0.2, 0) is 9.47 Å². The summed E-state index contributed by atoms with van der Waals surface area (Å²) in [4.78, 5) is 14.2. The van der Waals surface area contributed by atoms with Gasteiger partial charge in [0.15, 0.2) is 0 Å². The van der Waals surface area contributed by atoms with Crippen LogP contribution in [0.1, 0.15) is 38.7 Å². The van der Waals surface area contributed by atoms with Crippen LogP contribution in [0, 0.1) is 0 Å². The summed E-state index contributed by atoms with van der Waals surface area (Å²) in [6.07, 6.45) is 0.275. The van der Waals surface area contributed by atoms with Crippen LogP contribution in [0.3, 0.4) is 0 Å². The first-order chi connectivity index (χ1) is 11.7. The molecule has 1 aromatic rings. The van der Waals surface area contributed by atoms with Crippen molar-refractivity contribution in [1.82, 2.24) is 4.90 Å². The molecular formula is C18H26Cl2N2O3. The molecule has 0 radical (unpaired) electrons. The zero-order chi connectivity index (χ0) is 18.6. The van der Waals surface area contributed by atoms with Crippen LogP contribution in [0.5, 0.6) is 0 Å². The topological polar surface area (TPSA) is 64.8 Å². The van der Waals surface area contributed by atoms with Gasteiger partial charge in [-0.25, -0.2) is 4.79 Å². The molecular weight excluding hydrogens is 363 g/mol. The van der Waals surface area contributed by atoms with E-state index in [2.05, 4.69) is 0 Å². The average molecular weight is 389 g/mol. The molecule has 0 bridgehead atoms. The van der Waals surface area contributed by atoms with E-state index in [4.69, 9.17) is 38.4 Å². The predicted octanol–water partition coefficient (Wildman–Crippen LogP) is 4.06. The second-order valence-corrected chi connectivity index (χ2v) is 8.01. The van der Waals surface area contributed by atoms with Crippen LogP contribution in [0.2, 0.25) is 10.0 Å². The maximum Gasteiger partial charge on any atom is 0.410 e. The molecule has 0 saturated carbocycles. The highest BCUT2D eigenvalue weighted by Crippen LogP contribution is 2.32. The highest BCUT2D eigenvalue weighted by molar-refractivity contribution is 6.42. The Labute approximate surface area is 159 Å². The lowest BCUT2D eigenvalue weighted by Crippen LogP contribution is -2.40. The van der Waals surface area contributed by atoms with Crippen molar-refractivity contribution in [3.05, 3.63) is 33.8 Å². The van der Waals surface area contributed by atoms with E-state index in [1.165, 1.54) is 0 Å². The van der Waals surface area contributed by atoms with E-state index in [9.17, 15) is 4.79 Å². The maximum absolute atomic E-state index is 12.5. The number of amides is 1. The summed E-state index contributed by atoms with van der Waals surface area (Å²) in [5, 5.41) is 0.984. The highest BCUT2D eigenvalue weighted by Gasteiger charge is 2.33. The van der Waals surface area contributed by atoms with E-state index >= 15 is 0 Å². The zero-order valence-corrected chi connectivity index (χ0v) is 16.4. The van der Waals surface area contributed by atoms with Crippen molar-refractivity contribution in [2.75, 3.05) is 26.2 Å². The van der Waals surface area contributed by atoms with Crippen molar-refractivity contribution >= 4 is 29.3 Å². The lowest BCUT2D eigenvalue weighted by molar-refractivity contribution is 0.0229. The number of hydrogen-bond acceptors (Lipinski definition) is 4. The minimum absolute atomic E-state index is 0.0478. The minimum atomic E-state index is -0.542. The number of carbonyl (C=O) groups is 1. The molecule has 1 saturated heterocycles. The molecule has 25 heavy (non-hydrogen) atoms. The van der Waals surface area contributed by atoms with Gasteiger partial charge in [0.25, 0.3) is 0 Å². The molecule has 0 aliphatic carbocycles. The van der Waals surface area contributed by atoms with E-state index in [0.717, 1.165) is 5.56 Å². The number of ether oxygens (including phenoxy) is 2. The second-order valence-electron chi connectivity index (χ2n) is 7.19. The molecule has 2 N–H and O–H groups in total. The first-order valence-electron chi connectivity index (χ1n) is 8.46. The van der Waals surface area contributed by atoms with Gasteiger partial charge in [-0.15, -0.1) is 0 Å². The van der Waals surface area contributed by atoms with Gasteiger partial charge >= 0.3 is 6.09 Å². The van der Waals surface area contributed by atoms with Crippen LogP contribution >= 0.6 is 23.2 Å². The molecule has 5 nitrogen and oxygen atoms in total. The molecule has 2 atom stereocenters. The number of carbonyl (C=O) groups excluding carboxylic acids is 1. The Morgan fingerprint density at radius 1 is 1.36 bits per heavy atom. The molecule has 2 rings (SSSR count). The molecule has 1 aliphatic heterocycles. The van der Waals surface area contributed by atoms with Crippen LogP contribution in [0.25, 0.3) is 0 Å². The van der Waals surface area contributed by atoms with E-state index in [0.29, 0.717) is 42.7 Å². The smallest absolute Gasteiger partial charge is 0.410 e. The summed E-state index contributed by atoms with van der Waals surface area (Å²) in [6, 6.07) is 5.52. The van der Waals surface area contributed by atoms with Gasteiger partial charge in [0.1, 0.15) is 5.60 Å². The van der Waals surface area contributed by atoms with Crippen LogP contribution in [0.4, 0.5) is 4.79 Å². The lowest BCUT2D eigenvalue weighted by Gasteiger charge is -2.30. The van der Waals surface area contributed by atoms with Gasteiger partial charge in [-0.05, 0) is 51.4 Å². The number of halogens is 2. The van der Waals surface area contributed by atoms with Gasteiger partial charge in [0, 0.05) is 19.0 Å². The summed E-state index contributed by atoms with van der Waals surface area (Å²) in [5.74, 6) is -0.0478. The summed E-state index contributed by atoms with van der Waals surface area (Å²) in [5.41, 5.74) is 6.18. The van der Waals surface area contributed by atoms with Crippen molar-refractivity contribution in [2.45, 2.75) is 44.8 Å². The quantitative estimate of drug-likeness (QED) is 0.847. The largest absolute Gasteiger partial charge is 0.444 e. The molecule has 7 heteroatoms. The van der Waals surface area contributed by atoms with Crippen molar-refractivity contribution in [3.8, 4) is 0 Å². The van der Waals surface area contributed by atoms with Crippen LogP contribution in [-0.4, -0.2) is 48.9 Å². The number of nitrogens with two attached hydrogens (primary N) is 1. The van der Waals surface area contributed by atoms with E-state index in [-0.39, 0.29) is 18.1 Å². The molecule has 1 amide bonds. The van der Waals surface area contributed by atoms with E-state index in [1.807, 2.05) is 32.9 Å². The normalized spacial score (nSPS) is 21.8. The zero-order valence-electron chi connectivity index (χ0n) is 14.9. The molecule has 1 aliphatic rings. The number of nitrogens with zero attached hydrogens (tertiary/aromatic N) is 1. The first-order valence-corrected chi connectivity index (χ1v) is 9.21. The van der Waals surface area contributed by atoms with E-state index < -0.39 is 5.60 Å².